The van der Waals surface area contributed by atoms with E-state index in [0.717, 1.165) is 18.3 Å². The molecule has 0 aromatic rings. The Bertz CT molecular complexity index is 303. The molecule has 92 valence electrons. The van der Waals surface area contributed by atoms with Gasteiger partial charge in [-0.05, 0) is 65.2 Å². The predicted molar refractivity (Wildman–Crippen MR) is 68.4 cm³/mol. The van der Waals surface area contributed by atoms with Gasteiger partial charge in [0.05, 0.1) is 11.2 Å². The fourth-order valence-electron chi connectivity index (χ4n) is 3.82. The summed E-state index contributed by atoms with van der Waals surface area (Å²) in [6, 6.07) is 0. The zero-order chi connectivity index (χ0) is 12.0. The van der Waals surface area contributed by atoms with E-state index in [1.54, 1.807) is 0 Å². The van der Waals surface area contributed by atoms with E-state index in [2.05, 4.69) is 40.7 Å². The minimum absolute atomic E-state index is 0.137. The van der Waals surface area contributed by atoms with Crippen LogP contribution in [0.25, 0.3) is 0 Å². The highest BCUT2D eigenvalue weighted by atomic mass is 16.5. The van der Waals surface area contributed by atoms with Crippen LogP contribution in [-0.2, 0) is 4.74 Å². The maximum Gasteiger partial charge on any atom is 0.0696 e. The molecule has 0 amide bonds. The number of ether oxygens (including phenoxy) is 1. The molecule has 1 nitrogen and oxygen atoms in total. The first kappa shape index (κ1) is 12.2. The average Bonchev–Trinajstić information content (AvgIpc) is 2.51. The second kappa shape index (κ2) is 3.87. The van der Waals surface area contributed by atoms with Gasteiger partial charge < -0.3 is 4.74 Å². The van der Waals surface area contributed by atoms with Crippen LogP contribution in [0.4, 0.5) is 0 Å². The molecule has 2 bridgehead atoms. The molecule has 2 fully saturated rings. The number of hydrogen-bond donors (Lipinski definition) is 0. The highest BCUT2D eigenvalue weighted by molar-refractivity contribution is 5.09. The molecule has 0 unspecified atom stereocenters. The van der Waals surface area contributed by atoms with Crippen molar-refractivity contribution < 1.29 is 4.74 Å². The van der Waals surface area contributed by atoms with Crippen molar-refractivity contribution in [2.24, 2.45) is 11.8 Å². The van der Waals surface area contributed by atoms with E-state index in [0.29, 0.717) is 0 Å². The van der Waals surface area contributed by atoms with E-state index in [1.807, 2.05) is 0 Å². The smallest absolute Gasteiger partial charge is 0.0696 e. The maximum atomic E-state index is 6.40. The molecule has 1 aliphatic carbocycles. The summed E-state index contributed by atoms with van der Waals surface area (Å²) in [5, 5.41) is 0. The van der Waals surface area contributed by atoms with Crippen LogP contribution >= 0.6 is 0 Å². The van der Waals surface area contributed by atoms with Crippen LogP contribution in [0.3, 0.4) is 0 Å². The van der Waals surface area contributed by atoms with Gasteiger partial charge in [-0.2, -0.15) is 0 Å². The van der Waals surface area contributed by atoms with Gasteiger partial charge in [0, 0.05) is 0 Å². The Labute approximate surface area is 100 Å². The zero-order valence-corrected chi connectivity index (χ0v) is 11.5. The van der Waals surface area contributed by atoms with Gasteiger partial charge in [-0.25, -0.2) is 0 Å². The Morgan fingerprint density at radius 1 is 1.38 bits per heavy atom. The molecular weight excluding hydrogens is 196 g/mol. The van der Waals surface area contributed by atoms with E-state index < -0.39 is 0 Å². The lowest BCUT2D eigenvalue weighted by molar-refractivity contribution is -0.127. The Morgan fingerprint density at radius 3 is 2.50 bits per heavy atom. The molecule has 0 spiro atoms. The first-order chi connectivity index (χ1) is 7.37. The molecule has 1 heteroatoms. The number of hydrogen-bond acceptors (Lipinski definition) is 1. The molecule has 0 radical (unpaired) electrons. The molecule has 2 aliphatic rings. The van der Waals surface area contributed by atoms with Gasteiger partial charge in [-0.3, -0.25) is 0 Å². The Kier molecular flexibility index (Phi) is 2.94. The van der Waals surface area contributed by atoms with Crippen molar-refractivity contribution in [3.63, 3.8) is 0 Å². The molecule has 0 aromatic carbocycles. The van der Waals surface area contributed by atoms with Crippen LogP contribution in [0, 0.1) is 11.8 Å². The molecule has 1 saturated heterocycles. The lowest BCUT2D eigenvalue weighted by Crippen LogP contribution is -2.38. The largest absolute Gasteiger partial charge is 0.369 e. The third kappa shape index (κ3) is 1.84. The first-order valence-electron chi connectivity index (χ1n) is 6.71. The fourth-order valence-corrected chi connectivity index (χ4v) is 3.82. The number of allylic oxidation sites excluding steroid dienone is 2. The van der Waals surface area contributed by atoms with Crippen molar-refractivity contribution >= 4 is 0 Å². The van der Waals surface area contributed by atoms with Crippen LogP contribution in [-0.4, -0.2) is 11.2 Å². The van der Waals surface area contributed by atoms with Crippen LogP contribution in [0.1, 0.15) is 60.3 Å². The van der Waals surface area contributed by atoms with E-state index in [1.165, 1.54) is 24.8 Å². The quantitative estimate of drug-likeness (QED) is 0.646. The Balaban J connectivity index is 2.03. The Hall–Kier alpha value is -0.300. The standard InChI is InChI=1S/C15H26O/c1-11(2)7-6-9-15(5)13-8-10-14(4,16-15)12(13)3/h7,12-13H,6,8-10H2,1-5H3/t12-,13+,14-,15-/m1/s1. The van der Waals surface area contributed by atoms with Crippen molar-refractivity contribution in [2.75, 3.05) is 0 Å². The minimum atomic E-state index is 0.137. The molecule has 1 aliphatic heterocycles. The summed E-state index contributed by atoms with van der Waals surface area (Å²) < 4.78 is 6.40. The third-order valence-corrected chi connectivity index (χ3v) is 4.96. The highest BCUT2D eigenvalue weighted by Gasteiger charge is 2.59. The third-order valence-electron chi connectivity index (χ3n) is 4.96. The Morgan fingerprint density at radius 2 is 2.06 bits per heavy atom. The van der Waals surface area contributed by atoms with Crippen LogP contribution in [0.15, 0.2) is 11.6 Å². The summed E-state index contributed by atoms with van der Waals surface area (Å²) in [6.45, 7) is 11.4. The van der Waals surface area contributed by atoms with Crippen molar-refractivity contribution in [1.29, 1.82) is 0 Å². The van der Waals surface area contributed by atoms with E-state index in [9.17, 15) is 0 Å². The number of fused-ring (bicyclic) bond motifs is 2. The molecule has 16 heavy (non-hydrogen) atoms. The lowest BCUT2D eigenvalue weighted by atomic mass is 9.80. The van der Waals surface area contributed by atoms with Crippen molar-refractivity contribution in [3.05, 3.63) is 11.6 Å². The molecule has 1 saturated carbocycles. The molecule has 2 rings (SSSR count). The van der Waals surface area contributed by atoms with Gasteiger partial charge in [-0.15, -0.1) is 0 Å². The van der Waals surface area contributed by atoms with Crippen molar-refractivity contribution in [2.45, 2.75) is 71.5 Å². The fraction of sp³-hybridized carbons (Fsp3) is 0.867. The predicted octanol–water partition coefficient (Wildman–Crippen LogP) is 4.33. The van der Waals surface area contributed by atoms with Crippen molar-refractivity contribution in [3.8, 4) is 0 Å². The summed E-state index contributed by atoms with van der Waals surface area (Å²) in [5.41, 5.74) is 1.73. The van der Waals surface area contributed by atoms with Gasteiger partial charge in [0.2, 0.25) is 0 Å². The molecule has 0 aromatic heterocycles. The van der Waals surface area contributed by atoms with Crippen LogP contribution in [0.2, 0.25) is 0 Å². The first-order valence-corrected chi connectivity index (χ1v) is 6.71. The van der Waals surface area contributed by atoms with Crippen LogP contribution in [0.5, 0.6) is 0 Å². The topological polar surface area (TPSA) is 9.23 Å². The normalized spacial score (nSPS) is 46.1. The second-order valence-electron chi connectivity index (χ2n) is 6.48. The van der Waals surface area contributed by atoms with Crippen LogP contribution < -0.4 is 0 Å². The lowest BCUT2D eigenvalue weighted by Gasteiger charge is -2.37. The van der Waals surface area contributed by atoms with E-state index in [4.69, 9.17) is 4.74 Å². The van der Waals surface area contributed by atoms with Gasteiger partial charge in [0.1, 0.15) is 0 Å². The van der Waals surface area contributed by atoms with Gasteiger partial charge >= 0.3 is 0 Å². The maximum absolute atomic E-state index is 6.40. The van der Waals surface area contributed by atoms with E-state index >= 15 is 0 Å². The summed E-state index contributed by atoms with van der Waals surface area (Å²) in [5.74, 6) is 1.52. The van der Waals surface area contributed by atoms with Crippen molar-refractivity contribution in [1.82, 2.24) is 0 Å². The van der Waals surface area contributed by atoms with Gasteiger partial charge in [-0.1, -0.05) is 18.6 Å². The number of rotatable bonds is 3. The molecule has 0 N–H and O–H groups in total. The van der Waals surface area contributed by atoms with E-state index in [-0.39, 0.29) is 11.2 Å². The summed E-state index contributed by atoms with van der Waals surface area (Å²) in [4.78, 5) is 0. The monoisotopic (exact) mass is 222 g/mol. The second-order valence-corrected chi connectivity index (χ2v) is 6.48. The summed E-state index contributed by atoms with van der Waals surface area (Å²) >= 11 is 0. The molecular formula is C15H26O. The summed E-state index contributed by atoms with van der Waals surface area (Å²) in [7, 11) is 0. The molecule has 1 heterocycles. The van der Waals surface area contributed by atoms with Gasteiger partial charge in [0.15, 0.2) is 0 Å². The summed E-state index contributed by atoms with van der Waals surface area (Å²) in [6.07, 6.45) is 7.31. The van der Waals surface area contributed by atoms with Gasteiger partial charge in [0.25, 0.3) is 0 Å². The highest BCUT2D eigenvalue weighted by Crippen LogP contribution is 2.58. The zero-order valence-electron chi connectivity index (χ0n) is 11.5. The average molecular weight is 222 g/mol. The minimum Gasteiger partial charge on any atom is -0.369 e. The molecule has 4 atom stereocenters. The SMILES string of the molecule is CC(C)=CCC[C@@]1(C)O[C@]2(C)CC[C@H]1[C@H]2C.